The van der Waals surface area contributed by atoms with Gasteiger partial charge in [-0.25, -0.2) is 6.57 Å². The summed E-state index contributed by atoms with van der Waals surface area (Å²) in [7, 11) is 0. The predicted molar refractivity (Wildman–Crippen MR) is 34.6 cm³/mol. The molecular formula is C6H9N3. The van der Waals surface area contributed by atoms with Crippen LogP contribution in [0, 0.1) is 17.9 Å². The van der Waals surface area contributed by atoms with E-state index in [1.165, 1.54) is 0 Å². The van der Waals surface area contributed by atoms with E-state index in [2.05, 4.69) is 10.2 Å². The maximum atomic E-state index is 8.07. The average Bonchev–Trinajstić information content (AvgIpc) is 1.89. The van der Waals surface area contributed by atoms with Gasteiger partial charge in [0, 0.05) is 13.0 Å². The second-order valence-electron chi connectivity index (χ2n) is 1.54. The van der Waals surface area contributed by atoms with E-state index in [0.717, 1.165) is 0 Å². The third-order valence-electron chi connectivity index (χ3n) is 0.814. The van der Waals surface area contributed by atoms with Crippen LogP contribution in [-0.2, 0) is 0 Å². The molecule has 0 fully saturated rings. The summed E-state index contributed by atoms with van der Waals surface area (Å²) in [6, 6.07) is 2.00. The molecule has 0 rings (SSSR count). The molecule has 0 radical (unpaired) electrons. The van der Waals surface area contributed by atoms with Crippen molar-refractivity contribution >= 4 is 0 Å². The number of hydrogen-bond donors (Lipinski definition) is 1. The zero-order valence-corrected chi connectivity index (χ0v) is 5.22. The van der Waals surface area contributed by atoms with Crippen LogP contribution < -0.4 is 5.32 Å². The maximum absolute atomic E-state index is 8.07. The van der Waals surface area contributed by atoms with Crippen LogP contribution in [0.25, 0.3) is 4.85 Å². The van der Waals surface area contributed by atoms with Gasteiger partial charge in [-0.05, 0) is 0 Å². The van der Waals surface area contributed by atoms with Crippen LogP contribution in [-0.4, -0.2) is 19.6 Å². The van der Waals surface area contributed by atoms with Crippen LogP contribution in [0.1, 0.15) is 6.42 Å². The Kier molecular flexibility index (Phi) is 6.12. The van der Waals surface area contributed by atoms with Crippen molar-refractivity contribution in [2.45, 2.75) is 6.42 Å². The highest BCUT2D eigenvalue weighted by molar-refractivity contribution is 4.71. The molecule has 3 nitrogen and oxygen atoms in total. The molecule has 9 heavy (non-hydrogen) atoms. The van der Waals surface area contributed by atoms with Gasteiger partial charge in [-0.2, -0.15) is 5.26 Å². The van der Waals surface area contributed by atoms with Crippen molar-refractivity contribution in [3.63, 3.8) is 0 Å². The molecule has 0 unspecified atom stereocenters. The monoisotopic (exact) mass is 123 g/mol. The molecule has 1 N–H and O–H groups in total. The Morgan fingerprint density at radius 3 is 2.89 bits per heavy atom. The molecule has 3 heteroatoms. The molecule has 0 aliphatic heterocycles. The molecule has 0 aromatic carbocycles. The summed E-state index contributed by atoms with van der Waals surface area (Å²) in [5.74, 6) is 0. The number of rotatable bonds is 4. The molecule has 0 aromatic heterocycles. The van der Waals surface area contributed by atoms with Crippen LogP contribution in [0.2, 0.25) is 0 Å². The third-order valence-corrected chi connectivity index (χ3v) is 0.814. The normalized spacial score (nSPS) is 7.78. The first kappa shape index (κ1) is 7.94. The number of hydrogen-bond acceptors (Lipinski definition) is 2. The van der Waals surface area contributed by atoms with Crippen molar-refractivity contribution in [3.05, 3.63) is 11.4 Å². The Morgan fingerprint density at radius 1 is 1.56 bits per heavy atom. The Morgan fingerprint density at radius 2 is 2.33 bits per heavy atom. The molecule has 0 saturated heterocycles. The van der Waals surface area contributed by atoms with Gasteiger partial charge in [0.15, 0.2) is 0 Å². The summed E-state index contributed by atoms with van der Waals surface area (Å²) in [5, 5.41) is 11.0. The van der Waals surface area contributed by atoms with E-state index in [4.69, 9.17) is 11.8 Å². The Labute approximate surface area is 55.1 Å². The Hall–Kier alpha value is -1.06. The lowest BCUT2D eigenvalue weighted by atomic mass is 10.4. The second kappa shape index (κ2) is 6.94. The highest BCUT2D eigenvalue weighted by atomic mass is 14.9. The van der Waals surface area contributed by atoms with E-state index >= 15 is 0 Å². The minimum atomic E-state index is 0.505. The van der Waals surface area contributed by atoms with Crippen molar-refractivity contribution in [2.24, 2.45) is 0 Å². The average molecular weight is 123 g/mol. The lowest BCUT2D eigenvalue weighted by Crippen LogP contribution is -2.17. The number of nitrogens with one attached hydrogen (secondary N) is 1. The number of nitrogens with zero attached hydrogens (tertiary/aromatic N) is 2. The zero-order valence-electron chi connectivity index (χ0n) is 5.22. The summed E-state index contributed by atoms with van der Waals surface area (Å²) in [4.78, 5) is 3.14. The number of nitriles is 1. The SMILES string of the molecule is [C-]#[N+]CCNCCC#N. The summed E-state index contributed by atoms with van der Waals surface area (Å²) in [6.45, 7) is 8.31. The van der Waals surface area contributed by atoms with Gasteiger partial charge in [0.1, 0.15) is 0 Å². The molecule has 0 spiro atoms. The second-order valence-corrected chi connectivity index (χ2v) is 1.54. The quantitative estimate of drug-likeness (QED) is 0.434. The first-order chi connectivity index (χ1) is 4.41. The van der Waals surface area contributed by atoms with Gasteiger partial charge in [-0.3, -0.25) is 0 Å². The first-order valence-electron chi connectivity index (χ1n) is 2.82. The smallest absolute Gasteiger partial charge is 0.226 e. The highest BCUT2D eigenvalue weighted by Gasteiger charge is 1.85. The topological polar surface area (TPSA) is 40.2 Å². The Bertz CT molecular complexity index is 112. The van der Waals surface area contributed by atoms with Gasteiger partial charge in [0.05, 0.1) is 12.6 Å². The van der Waals surface area contributed by atoms with Gasteiger partial charge in [0.25, 0.3) is 0 Å². The molecule has 48 valence electrons. The minimum absolute atomic E-state index is 0.505. The molecule has 0 amide bonds. The lowest BCUT2D eigenvalue weighted by Gasteiger charge is -1.91. The van der Waals surface area contributed by atoms with E-state index in [1.807, 2.05) is 6.07 Å². The zero-order chi connectivity index (χ0) is 6.95. The van der Waals surface area contributed by atoms with Crippen molar-refractivity contribution in [3.8, 4) is 6.07 Å². The van der Waals surface area contributed by atoms with Crippen LogP contribution in [0.5, 0.6) is 0 Å². The van der Waals surface area contributed by atoms with E-state index in [9.17, 15) is 0 Å². The lowest BCUT2D eigenvalue weighted by molar-refractivity contribution is 0.721. The fraction of sp³-hybridized carbons (Fsp3) is 0.667. The van der Waals surface area contributed by atoms with Crippen molar-refractivity contribution < 1.29 is 0 Å². The Balaban J connectivity index is 2.79. The molecule has 0 atom stereocenters. The molecule has 0 heterocycles. The van der Waals surface area contributed by atoms with E-state index in [1.54, 1.807) is 0 Å². The molecule has 0 aliphatic rings. The highest BCUT2D eigenvalue weighted by Crippen LogP contribution is 1.69. The van der Waals surface area contributed by atoms with Crippen LogP contribution >= 0.6 is 0 Å². The summed E-state index contributed by atoms with van der Waals surface area (Å²) in [5.41, 5.74) is 0. The van der Waals surface area contributed by atoms with Gasteiger partial charge in [0.2, 0.25) is 6.54 Å². The molecule has 0 saturated carbocycles. The van der Waals surface area contributed by atoms with Crippen molar-refractivity contribution in [2.75, 3.05) is 19.6 Å². The van der Waals surface area contributed by atoms with Gasteiger partial charge >= 0.3 is 0 Å². The molecule has 0 bridgehead atoms. The molecule has 0 aliphatic carbocycles. The van der Waals surface area contributed by atoms with E-state index < -0.39 is 0 Å². The predicted octanol–water partition coefficient (Wildman–Crippen LogP) is 0.409. The van der Waals surface area contributed by atoms with E-state index in [0.29, 0.717) is 26.1 Å². The van der Waals surface area contributed by atoms with Crippen molar-refractivity contribution in [1.82, 2.24) is 5.32 Å². The fourth-order valence-corrected chi connectivity index (χ4v) is 0.404. The van der Waals surface area contributed by atoms with Crippen molar-refractivity contribution in [1.29, 1.82) is 5.26 Å². The van der Waals surface area contributed by atoms with Crippen LogP contribution in [0.4, 0.5) is 0 Å². The first-order valence-corrected chi connectivity index (χ1v) is 2.82. The minimum Gasteiger partial charge on any atom is -0.316 e. The summed E-state index contributed by atoms with van der Waals surface area (Å²) in [6.07, 6.45) is 0.526. The van der Waals surface area contributed by atoms with Gasteiger partial charge < -0.3 is 10.2 Å². The van der Waals surface area contributed by atoms with Gasteiger partial charge in [-0.15, -0.1) is 0 Å². The fourth-order valence-electron chi connectivity index (χ4n) is 0.404. The summed E-state index contributed by atoms with van der Waals surface area (Å²) >= 11 is 0. The van der Waals surface area contributed by atoms with Crippen LogP contribution in [0.3, 0.4) is 0 Å². The molecule has 0 aromatic rings. The summed E-state index contributed by atoms with van der Waals surface area (Å²) < 4.78 is 0. The third kappa shape index (κ3) is 6.94. The largest absolute Gasteiger partial charge is 0.316 e. The van der Waals surface area contributed by atoms with Crippen LogP contribution in [0.15, 0.2) is 0 Å². The molecular weight excluding hydrogens is 114 g/mol. The van der Waals surface area contributed by atoms with E-state index in [-0.39, 0.29) is 0 Å². The van der Waals surface area contributed by atoms with Gasteiger partial charge in [-0.1, -0.05) is 0 Å². The maximum Gasteiger partial charge on any atom is 0.226 e. The standard InChI is InChI=1S/C6H9N3/c1-8-5-6-9-4-2-3-7/h9H,2,4-6H2.